The van der Waals surface area contributed by atoms with Gasteiger partial charge in [0, 0.05) is 29.9 Å². The maximum absolute atomic E-state index is 14.4. The molecule has 0 saturated carbocycles. The highest BCUT2D eigenvalue weighted by molar-refractivity contribution is 6.31. The van der Waals surface area contributed by atoms with E-state index in [0.717, 1.165) is 18.2 Å². The highest BCUT2D eigenvalue weighted by Gasteiger charge is 2.33. The molecule has 0 saturated heterocycles. The first-order valence-electron chi connectivity index (χ1n) is 9.81. The molecule has 4 rings (SSSR count). The van der Waals surface area contributed by atoms with Crippen LogP contribution in [0.1, 0.15) is 5.56 Å². The van der Waals surface area contributed by atoms with Crippen molar-refractivity contribution >= 4 is 46.0 Å². The fourth-order valence-corrected chi connectivity index (χ4v) is 3.58. The SMILES string of the molecule is Cn1c(=O)c(-c2ccc(F)c(NC(=O)Nc3ccc(Cl)c(C(F)(F)F)c3)c2)cc2cnc(N)nc21. The summed E-state index contributed by atoms with van der Waals surface area (Å²) in [5.41, 5.74) is 4.21. The number of aryl methyl sites for hydroxylation is 1. The smallest absolute Gasteiger partial charge is 0.368 e. The van der Waals surface area contributed by atoms with Gasteiger partial charge in [-0.3, -0.25) is 9.36 Å². The third kappa shape index (κ3) is 4.87. The molecule has 35 heavy (non-hydrogen) atoms. The molecule has 2 aromatic heterocycles. The van der Waals surface area contributed by atoms with Gasteiger partial charge in [-0.25, -0.2) is 14.2 Å². The Morgan fingerprint density at radius 1 is 1.11 bits per heavy atom. The average Bonchev–Trinajstić information content (AvgIpc) is 2.78. The van der Waals surface area contributed by atoms with Crippen molar-refractivity contribution in [1.82, 2.24) is 14.5 Å². The number of nitrogen functional groups attached to an aromatic ring is 1. The van der Waals surface area contributed by atoms with Crippen LogP contribution in [0.25, 0.3) is 22.2 Å². The molecule has 0 spiro atoms. The first-order chi connectivity index (χ1) is 16.4. The summed E-state index contributed by atoms with van der Waals surface area (Å²) in [6, 6.07) is 6.89. The van der Waals surface area contributed by atoms with Crippen LogP contribution in [-0.2, 0) is 13.2 Å². The normalized spacial score (nSPS) is 11.5. The molecule has 0 aliphatic rings. The molecule has 0 fully saturated rings. The average molecular weight is 507 g/mol. The maximum atomic E-state index is 14.4. The topological polar surface area (TPSA) is 115 Å². The number of nitrogens with one attached hydrogen (secondary N) is 2. The van der Waals surface area contributed by atoms with E-state index in [4.69, 9.17) is 17.3 Å². The van der Waals surface area contributed by atoms with Gasteiger partial charge in [0.15, 0.2) is 0 Å². The minimum absolute atomic E-state index is 0.0115. The van der Waals surface area contributed by atoms with Gasteiger partial charge in [0.05, 0.1) is 16.3 Å². The first kappa shape index (κ1) is 24.0. The molecule has 0 unspecified atom stereocenters. The Hall–Kier alpha value is -4.19. The second kappa shape index (κ2) is 8.87. The zero-order valence-electron chi connectivity index (χ0n) is 17.7. The maximum Gasteiger partial charge on any atom is 0.417 e. The number of nitrogens with zero attached hydrogens (tertiary/aromatic N) is 3. The molecule has 4 N–H and O–H groups in total. The lowest BCUT2D eigenvalue weighted by molar-refractivity contribution is -0.137. The van der Waals surface area contributed by atoms with Crippen molar-refractivity contribution in [2.24, 2.45) is 7.05 Å². The predicted octanol–water partition coefficient (Wildman–Crippen LogP) is 5.03. The fraction of sp³-hybridized carbons (Fsp3) is 0.0909. The van der Waals surface area contributed by atoms with Gasteiger partial charge in [-0.1, -0.05) is 17.7 Å². The minimum Gasteiger partial charge on any atom is -0.368 e. The van der Waals surface area contributed by atoms with Crippen LogP contribution in [0, 0.1) is 5.82 Å². The van der Waals surface area contributed by atoms with Gasteiger partial charge >= 0.3 is 12.2 Å². The largest absolute Gasteiger partial charge is 0.417 e. The number of rotatable bonds is 3. The van der Waals surface area contributed by atoms with E-state index in [2.05, 4.69) is 20.6 Å². The Kier molecular flexibility index (Phi) is 6.07. The van der Waals surface area contributed by atoms with Crippen molar-refractivity contribution in [2.75, 3.05) is 16.4 Å². The van der Waals surface area contributed by atoms with Crippen molar-refractivity contribution in [3.05, 3.63) is 75.4 Å². The van der Waals surface area contributed by atoms with Crippen LogP contribution < -0.4 is 21.9 Å². The van der Waals surface area contributed by atoms with Crippen LogP contribution in [0.4, 0.5) is 39.7 Å². The number of halogens is 5. The van der Waals surface area contributed by atoms with Crippen molar-refractivity contribution in [3.8, 4) is 11.1 Å². The molecule has 0 aliphatic carbocycles. The highest BCUT2D eigenvalue weighted by Crippen LogP contribution is 2.36. The molecule has 0 atom stereocenters. The Balaban J connectivity index is 1.64. The molecule has 4 aromatic rings. The number of alkyl halides is 3. The van der Waals surface area contributed by atoms with Gasteiger partial charge in [0.25, 0.3) is 5.56 Å². The highest BCUT2D eigenvalue weighted by atomic mass is 35.5. The minimum atomic E-state index is -4.73. The number of hydrogen-bond donors (Lipinski definition) is 3. The molecule has 0 aliphatic heterocycles. The van der Waals surface area contributed by atoms with Crippen molar-refractivity contribution in [1.29, 1.82) is 0 Å². The molecule has 13 heteroatoms. The molecular formula is C22H15ClF4N6O2. The van der Waals surface area contributed by atoms with Gasteiger partial charge in [-0.15, -0.1) is 0 Å². The van der Waals surface area contributed by atoms with Crippen molar-refractivity contribution in [3.63, 3.8) is 0 Å². The van der Waals surface area contributed by atoms with E-state index < -0.39 is 34.2 Å². The summed E-state index contributed by atoms with van der Waals surface area (Å²) in [7, 11) is 1.48. The van der Waals surface area contributed by atoms with Crippen molar-refractivity contribution < 1.29 is 22.4 Å². The second-order valence-electron chi connectivity index (χ2n) is 7.40. The number of fused-ring (bicyclic) bond motifs is 1. The molecule has 8 nitrogen and oxygen atoms in total. The van der Waals surface area contributed by atoms with E-state index in [0.29, 0.717) is 17.1 Å². The monoisotopic (exact) mass is 506 g/mol. The number of hydrogen-bond acceptors (Lipinski definition) is 5. The number of anilines is 3. The molecule has 0 radical (unpaired) electrons. The molecule has 180 valence electrons. The Morgan fingerprint density at radius 2 is 1.86 bits per heavy atom. The summed E-state index contributed by atoms with van der Waals surface area (Å²) in [6.45, 7) is 0. The molecule has 2 aromatic carbocycles. The summed E-state index contributed by atoms with van der Waals surface area (Å²) in [4.78, 5) is 33.2. The molecular weight excluding hydrogens is 492 g/mol. The predicted molar refractivity (Wildman–Crippen MR) is 124 cm³/mol. The van der Waals surface area contributed by atoms with Gasteiger partial charge < -0.3 is 16.4 Å². The number of amides is 2. The molecule has 2 amide bonds. The van der Waals surface area contributed by atoms with Gasteiger partial charge in [0.2, 0.25) is 5.95 Å². The van der Waals surface area contributed by atoms with Crippen LogP contribution in [-0.4, -0.2) is 20.6 Å². The van der Waals surface area contributed by atoms with Crippen LogP contribution in [0.3, 0.4) is 0 Å². The Morgan fingerprint density at radius 3 is 2.57 bits per heavy atom. The number of urea groups is 1. The first-order valence-corrected chi connectivity index (χ1v) is 10.2. The number of aromatic nitrogens is 3. The van der Waals surface area contributed by atoms with E-state index in [1.54, 1.807) is 0 Å². The van der Waals surface area contributed by atoms with Gasteiger partial charge in [0.1, 0.15) is 11.5 Å². The summed E-state index contributed by atoms with van der Waals surface area (Å²) in [5, 5.41) is 4.39. The zero-order valence-corrected chi connectivity index (χ0v) is 18.5. The number of carbonyl (C=O) groups excluding carboxylic acids is 1. The molecule has 0 bridgehead atoms. The summed E-state index contributed by atoms with van der Waals surface area (Å²) in [6.07, 6.45) is -3.30. The van der Waals surface area contributed by atoms with Crippen LogP contribution in [0.5, 0.6) is 0 Å². The number of nitrogens with two attached hydrogens (primary N) is 1. The Bertz CT molecular complexity index is 1540. The molecule has 2 heterocycles. The summed E-state index contributed by atoms with van der Waals surface area (Å²) >= 11 is 5.57. The number of benzene rings is 2. The van der Waals surface area contributed by atoms with E-state index in [1.807, 2.05) is 0 Å². The number of carbonyl (C=O) groups is 1. The Labute approximate surface area is 199 Å². The lowest BCUT2D eigenvalue weighted by Gasteiger charge is -2.13. The second-order valence-corrected chi connectivity index (χ2v) is 7.80. The van der Waals surface area contributed by atoms with E-state index in [1.165, 1.54) is 36.0 Å². The lowest BCUT2D eigenvalue weighted by Crippen LogP contribution is -2.21. The standard InChI is InChI=1S/C22H15ClF4N6O2/c1-33-18-11(9-29-20(28)32-18)6-13(19(33)34)10-2-5-16(24)17(7-10)31-21(35)30-12-3-4-15(23)14(8-12)22(25,26)27/h2-9H,1H3,(H2,28,29,32)(H2,30,31,35). The van der Waals surface area contributed by atoms with E-state index >= 15 is 0 Å². The number of pyridine rings is 1. The quantitative estimate of drug-likeness (QED) is 0.337. The third-order valence-electron chi connectivity index (χ3n) is 5.02. The van der Waals surface area contributed by atoms with Crippen LogP contribution in [0.15, 0.2) is 53.5 Å². The van der Waals surface area contributed by atoms with E-state index in [9.17, 15) is 27.2 Å². The third-order valence-corrected chi connectivity index (χ3v) is 5.35. The van der Waals surface area contributed by atoms with Crippen LogP contribution in [0.2, 0.25) is 5.02 Å². The summed E-state index contributed by atoms with van der Waals surface area (Å²) < 4.78 is 54.8. The lowest BCUT2D eigenvalue weighted by atomic mass is 10.1. The van der Waals surface area contributed by atoms with Gasteiger partial charge in [-0.2, -0.15) is 18.2 Å². The summed E-state index contributed by atoms with van der Waals surface area (Å²) in [5.74, 6) is -0.840. The zero-order chi connectivity index (χ0) is 25.5. The van der Waals surface area contributed by atoms with Crippen molar-refractivity contribution in [2.45, 2.75) is 6.18 Å². The van der Waals surface area contributed by atoms with Gasteiger partial charge in [-0.05, 0) is 42.0 Å². The fourth-order valence-electron chi connectivity index (χ4n) is 3.36. The van der Waals surface area contributed by atoms with E-state index in [-0.39, 0.29) is 28.5 Å². The van der Waals surface area contributed by atoms with Crippen LogP contribution >= 0.6 is 11.6 Å².